The summed E-state index contributed by atoms with van der Waals surface area (Å²) < 4.78 is 0. The molecule has 0 fully saturated rings. The Hall–Kier alpha value is -0.260. The highest BCUT2D eigenvalue weighted by Gasteiger charge is 1.95. The molecule has 0 radical (unpaired) electrons. The molecule has 0 saturated heterocycles. The largest absolute Gasteiger partial charge is 0.106 e. The van der Waals surface area contributed by atoms with E-state index in [1.54, 1.807) is 0 Å². The zero-order chi connectivity index (χ0) is 7.86. The molecule has 0 nitrogen and oxygen atoms in total. The second-order valence-electron chi connectivity index (χ2n) is 3.02. The van der Waals surface area contributed by atoms with Gasteiger partial charge in [-0.2, -0.15) is 0 Å². The van der Waals surface area contributed by atoms with Gasteiger partial charge in [-0.1, -0.05) is 27.7 Å². The van der Waals surface area contributed by atoms with E-state index in [-0.39, 0.29) is 0 Å². The molecule has 0 atom stereocenters. The number of hydrogen-bond donors (Lipinski definition) is 0. The average molecular weight is 128 g/mol. The SMILES string of the molecule is C=C.CC(C)CC(C)C. The van der Waals surface area contributed by atoms with Crippen molar-refractivity contribution in [1.82, 2.24) is 0 Å². The molecule has 9 heavy (non-hydrogen) atoms. The topological polar surface area (TPSA) is 0 Å². The monoisotopic (exact) mass is 128 g/mol. The molecule has 0 rings (SSSR count). The fourth-order valence-corrected chi connectivity index (χ4v) is 0.943. The first-order valence-electron chi connectivity index (χ1n) is 3.63. The van der Waals surface area contributed by atoms with Gasteiger partial charge in [-0.05, 0) is 18.3 Å². The molecule has 0 saturated carbocycles. The molecule has 0 aliphatic heterocycles. The molecule has 0 amide bonds. The maximum Gasteiger partial charge on any atom is -0.0469 e. The lowest BCUT2D eigenvalue weighted by Crippen LogP contribution is -1.93. The van der Waals surface area contributed by atoms with Crippen LogP contribution in [0.4, 0.5) is 0 Å². The summed E-state index contributed by atoms with van der Waals surface area (Å²) >= 11 is 0. The average Bonchev–Trinajstić information content (AvgIpc) is 1.68. The van der Waals surface area contributed by atoms with Crippen LogP contribution in [-0.2, 0) is 0 Å². The van der Waals surface area contributed by atoms with Crippen molar-refractivity contribution in [2.75, 3.05) is 0 Å². The van der Waals surface area contributed by atoms with Gasteiger partial charge in [-0.3, -0.25) is 0 Å². The summed E-state index contributed by atoms with van der Waals surface area (Å²) in [5.74, 6) is 1.75. The lowest BCUT2D eigenvalue weighted by Gasteiger charge is -2.05. The summed E-state index contributed by atoms with van der Waals surface area (Å²) in [6, 6.07) is 0. The Balaban J connectivity index is 0. The van der Waals surface area contributed by atoms with Crippen LogP contribution in [0.2, 0.25) is 0 Å². The van der Waals surface area contributed by atoms with Gasteiger partial charge < -0.3 is 0 Å². The molecule has 0 N–H and O–H groups in total. The Morgan fingerprint density at radius 3 is 1.11 bits per heavy atom. The first-order chi connectivity index (χ1) is 4.13. The van der Waals surface area contributed by atoms with Gasteiger partial charge in [0.25, 0.3) is 0 Å². The Labute approximate surface area is 60.0 Å². The van der Waals surface area contributed by atoms with Gasteiger partial charge in [0.15, 0.2) is 0 Å². The zero-order valence-corrected chi connectivity index (χ0v) is 7.28. The lowest BCUT2D eigenvalue weighted by atomic mass is 10.0. The van der Waals surface area contributed by atoms with Gasteiger partial charge in [0.05, 0.1) is 0 Å². The zero-order valence-electron chi connectivity index (χ0n) is 7.28. The third-order valence-electron chi connectivity index (χ3n) is 0.943. The highest BCUT2D eigenvalue weighted by molar-refractivity contribution is 4.47. The van der Waals surface area contributed by atoms with E-state index in [1.807, 2.05) is 0 Å². The summed E-state index contributed by atoms with van der Waals surface area (Å²) in [5.41, 5.74) is 0. The van der Waals surface area contributed by atoms with E-state index >= 15 is 0 Å². The Kier molecular flexibility index (Phi) is 9.91. The van der Waals surface area contributed by atoms with Crippen LogP contribution in [0.25, 0.3) is 0 Å². The third-order valence-corrected chi connectivity index (χ3v) is 0.943. The fraction of sp³-hybridized carbons (Fsp3) is 0.778. The van der Waals surface area contributed by atoms with Gasteiger partial charge in [0.1, 0.15) is 0 Å². The predicted molar refractivity (Wildman–Crippen MR) is 45.5 cm³/mol. The molecule has 0 heterocycles. The quantitative estimate of drug-likeness (QED) is 0.499. The van der Waals surface area contributed by atoms with Gasteiger partial charge >= 0.3 is 0 Å². The van der Waals surface area contributed by atoms with Crippen LogP contribution >= 0.6 is 0 Å². The molecule has 0 spiro atoms. The van der Waals surface area contributed by atoms with E-state index in [4.69, 9.17) is 0 Å². The van der Waals surface area contributed by atoms with Crippen molar-refractivity contribution in [3.8, 4) is 0 Å². The van der Waals surface area contributed by atoms with Crippen molar-refractivity contribution in [2.45, 2.75) is 34.1 Å². The maximum absolute atomic E-state index is 3.00. The van der Waals surface area contributed by atoms with Crippen LogP contribution in [-0.4, -0.2) is 0 Å². The predicted octanol–water partition coefficient (Wildman–Crippen LogP) is 3.49. The van der Waals surface area contributed by atoms with Crippen LogP contribution in [0.3, 0.4) is 0 Å². The van der Waals surface area contributed by atoms with E-state index in [2.05, 4.69) is 40.9 Å². The molecule has 0 aliphatic rings. The molecule has 0 aromatic carbocycles. The normalized spacial score (nSPS) is 9.11. The van der Waals surface area contributed by atoms with Gasteiger partial charge in [-0.25, -0.2) is 0 Å². The van der Waals surface area contributed by atoms with Crippen molar-refractivity contribution in [2.24, 2.45) is 11.8 Å². The van der Waals surface area contributed by atoms with Crippen molar-refractivity contribution in [1.29, 1.82) is 0 Å². The highest BCUT2D eigenvalue weighted by atomic mass is 14.0. The van der Waals surface area contributed by atoms with Crippen LogP contribution in [0.15, 0.2) is 13.2 Å². The van der Waals surface area contributed by atoms with E-state index in [0.29, 0.717) is 0 Å². The van der Waals surface area contributed by atoms with Gasteiger partial charge in [0, 0.05) is 0 Å². The minimum Gasteiger partial charge on any atom is -0.106 e. The minimum atomic E-state index is 0.875. The van der Waals surface area contributed by atoms with E-state index in [0.717, 1.165) is 11.8 Å². The van der Waals surface area contributed by atoms with Crippen molar-refractivity contribution >= 4 is 0 Å². The second kappa shape index (κ2) is 7.74. The van der Waals surface area contributed by atoms with Gasteiger partial charge in [-0.15, -0.1) is 13.2 Å². The standard InChI is InChI=1S/C7H16.C2H4/c1-6(2)5-7(3)4;1-2/h6-7H,5H2,1-4H3;1-2H2. The van der Waals surface area contributed by atoms with Crippen LogP contribution in [0.1, 0.15) is 34.1 Å². The Bertz CT molecular complexity index is 38.0. The molecule has 56 valence electrons. The summed E-state index contributed by atoms with van der Waals surface area (Å²) in [6.45, 7) is 15.1. The molecule has 0 aromatic heterocycles. The number of rotatable bonds is 2. The molecule has 0 aromatic rings. The molecule has 0 bridgehead atoms. The third kappa shape index (κ3) is 18.2. The summed E-state index contributed by atoms with van der Waals surface area (Å²) in [5, 5.41) is 0. The van der Waals surface area contributed by atoms with E-state index in [9.17, 15) is 0 Å². The molecule has 0 aliphatic carbocycles. The van der Waals surface area contributed by atoms with Crippen LogP contribution in [0.5, 0.6) is 0 Å². The molecule has 0 unspecified atom stereocenters. The second-order valence-corrected chi connectivity index (χ2v) is 3.02. The minimum absolute atomic E-state index is 0.875. The maximum atomic E-state index is 3.00. The molecule has 0 heteroatoms. The smallest absolute Gasteiger partial charge is 0.0469 e. The van der Waals surface area contributed by atoms with E-state index in [1.165, 1.54) is 6.42 Å². The Morgan fingerprint density at radius 2 is 1.11 bits per heavy atom. The van der Waals surface area contributed by atoms with Gasteiger partial charge in [0.2, 0.25) is 0 Å². The van der Waals surface area contributed by atoms with Crippen LogP contribution < -0.4 is 0 Å². The first kappa shape index (κ1) is 11.5. The van der Waals surface area contributed by atoms with Crippen molar-refractivity contribution in [3.05, 3.63) is 13.2 Å². The van der Waals surface area contributed by atoms with Crippen molar-refractivity contribution < 1.29 is 0 Å². The van der Waals surface area contributed by atoms with Crippen LogP contribution in [0, 0.1) is 11.8 Å². The number of hydrogen-bond acceptors (Lipinski definition) is 0. The highest BCUT2D eigenvalue weighted by Crippen LogP contribution is 2.08. The Morgan fingerprint density at radius 1 is 0.889 bits per heavy atom. The summed E-state index contributed by atoms with van der Waals surface area (Å²) in [6.07, 6.45) is 1.36. The summed E-state index contributed by atoms with van der Waals surface area (Å²) in [4.78, 5) is 0. The lowest BCUT2D eigenvalue weighted by molar-refractivity contribution is 0.469. The fourth-order valence-electron chi connectivity index (χ4n) is 0.943. The molecular weight excluding hydrogens is 108 g/mol. The first-order valence-corrected chi connectivity index (χ1v) is 3.63. The summed E-state index contributed by atoms with van der Waals surface area (Å²) in [7, 11) is 0. The van der Waals surface area contributed by atoms with Crippen molar-refractivity contribution in [3.63, 3.8) is 0 Å². The van der Waals surface area contributed by atoms with E-state index < -0.39 is 0 Å². The molecular formula is C9H20.